The normalized spacial score (nSPS) is 10.9. The molecule has 0 heterocycles. The summed E-state index contributed by atoms with van der Waals surface area (Å²) in [6, 6.07) is 2.64. The van der Waals surface area contributed by atoms with Gasteiger partial charge in [0.15, 0.2) is 0 Å². The molecule has 1 rings (SSSR count). The minimum absolute atomic E-state index is 0. The summed E-state index contributed by atoms with van der Waals surface area (Å²) in [5.41, 5.74) is -0.923. The van der Waals surface area contributed by atoms with E-state index in [1.54, 1.807) is 0 Å². The monoisotopic (exact) mass is 292 g/mol. The van der Waals surface area contributed by atoms with E-state index in [0.29, 0.717) is 11.8 Å². The molecule has 0 unspecified atom stereocenters. The van der Waals surface area contributed by atoms with E-state index < -0.39 is 29.8 Å². The molecule has 0 aliphatic carbocycles. The minimum Gasteiger partial charge on any atom is -0.445 e. The molecule has 0 bridgehead atoms. The second-order valence-corrected chi connectivity index (χ2v) is 4.11. The van der Waals surface area contributed by atoms with Crippen molar-refractivity contribution in [1.29, 1.82) is 0 Å². The summed E-state index contributed by atoms with van der Waals surface area (Å²) in [5.74, 6) is -1.93. The van der Waals surface area contributed by atoms with E-state index in [9.17, 15) is 21.7 Å². The van der Waals surface area contributed by atoms with Crippen LogP contribution in [-0.4, -0.2) is 12.7 Å². The zero-order valence-corrected chi connectivity index (χ0v) is 13.0. The smallest absolute Gasteiger partial charge is 0.445 e. The molecule has 8 heteroatoms. The Labute approximate surface area is 143 Å². The van der Waals surface area contributed by atoms with Crippen LogP contribution in [0.2, 0.25) is 0 Å². The quantitative estimate of drug-likeness (QED) is 0.453. The fraction of sp³-hybridized carbons (Fsp3) is 0.111. The Hall–Kier alpha value is 0.661. The Morgan fingerprint density at radius 2 is 1.82 bits per heavy atom. The van der Waals surface area contributed by atoms with Crippen molar-refractivity contribution in [2.45, 2.75) is 4.90 Å². The van der Waals surface area contributed by atoms with Gasteiger partial charge in [0.05, 0.1) is 0 Å². The molecule has 0 aliphatic rings. The van der Waals surface area contributed by atoms with Crippen LogP contribution in [0.5, 0.6) is 0 Å². The number of rotatable bonds is 4. The molecule has 0 N–H and O–H groups in total. The second-order valence-electron chi connectivity index (χ2n) is 3.10. The molecule has 17 heavy (non-hydrogen) atoms. The summed E-state index contributed by atoms with van der Waals surface area (Å²) in [4.78, 5) is -0.152. The standard InChI is InChI=1S/C9H7BF5S.K/c1-6(10(13,14)15)5-16-9-4-7(11)2-3-8(9)12;/h2-4H,1,5H2;/q-1;+1. The van der Waals surface area contributed by atoms with Crippen molar-refractivity contribution in [1.82, 2.24) is 0 Å². The summed E-state index contributed by atoms with van der Waals surface area (Å²) in [6.07, 6.45) is 0. The molecule has 0 spiro atoms. The first kappa shape index (κ1) is 17.7. The zero-order valence-electron chi connectivity index (χ0n) is 9.02. The van der Waals surface area contributed by atoms with Gasteiger partial charge in [-0.05, 0) is 24.0 Å². The molecule has 0 fully saturated rings. The van der Waals surface area contributed by atoms with Crippen molar-refractivity contribution in [3.8, 4) is 0 Å². The molecule has 1 aromatic carbocycles. The summed E-state index contributed by atoms with van der Waals surface area (Å²) >= 11 is 0.577. The molecule has 0 amide bonds. The first-order chi connectivity index (χ1) is 7.30. The third kappa shape index (κ3) is 5.89. The first-order valence-corrected chi connectivity index (χ1v) is 5.24. The SMILES string of the molecule is C=C(CSc1cc(F)ccc1F)[B-](F)(F)F.[K+]. The van der Waals surface area contributed by atoms with Gasteiger partial charge < -0.3 is 12.9 Å². The molecular weight excluding hydrogens is 285 g/mol. The van der Waals surface area contributed by atoms with Crippen LogP contribution in [0.15, 0.2) is 35.1 Å². The van der Waals surface area contributed by atoms with Gasteiger partial charge >= 0.3 is 58.4 Å². The van der Waals surface area contributed by atoms with E-state index >= 15 is 0 Å². The predicted molar refractivity (Wildman–Crippen MR) is 55.3 cm³/mol. The zero-order chi connectivity index (χ0) is 12.3. The van der Waals surface area contributed by atoms with Crippen molar-refractivity contribution in [3.63, 3.8) is 0 Å². The van der Waals surface area contributed by atoms with Crippen LogP contribution < -0.4 is 51.4 Å². The fourth-order valence-electron chi connectivity index (χ4n) is 0.853. The van der Waals surface area contributed by atoms with E-state index in [4.69, 9.17) is 0 Å². The summed E-state index contributed by atoms with van der Waals surface area (Å²) in [7, 11) is 0. The number of hydrogen-bond donors (Lipinski definition) is 0. The molecule has 88 valence electrons. The Morgan fingerprint density at radius 3 is 2.35 bits per heavy atom. The van der Waals surface area contributed by atoms with Crippen molar-refractivity contribution < 1.29 is 73.1 Å². The average Bonchev–Trinajstić information content (AvgIpc) is 2.17. The van der Waals surface area contributed by atoms with E-state index in [-0.39, 0.29) is 56.3 Å². The van der Waals surface area contributed by atoms with E-state index in [0.717, 1.165) is 18.2 Å². The van der Waals surface area contributed by atoms with E-state index in [2.05, 4.69) is 6.58 Å². The Bertz CT molecular complexity index is 407. The molecule has 0 atom stereocenters. The van der Waals surface area contributed by atoms with Crippen molar-refractivity contribution in [3.05, 3.63) is 41.9 Å². The van der Waals surface area contributed by atoms with Gasteiger partial charge in [0.1, 0.15) is 11.6 Å². The van der Waals surface area contributed by atoms with Crippen LogP contribution in [0.4, 0.5) is 21.7 Å². The van der Waals surface area contributed by atoms with Crippen molar-refractivity contribution >= 4 is 18.7 Å². The van der Waals surface area contributed by atoms with E-state index in [1.165, 1.54) is 0 Å². The maximum absolute atomic E-state index is 13.0. The van der Waals surface area contributed by atoms with Gasteiger partial charge in [-0.1, -0.05) is 0 Å². The van der Waals surface area contributed by atoms with Gasteiger partial charge in [-0.2, -0.15) is 0 Å². The topological polar surface area (TPSA) is 0 Å². The molecule has 0 radical (unpaired) electrons. The summed E-state index contributed by atoms with van der Waals surface area (Å²) in [5, 5.41) is 0. The number of thioether (sulfide) groups is 1. The van der Waals surface area contributed by atoms with Gasteiger partial charge in [-0.3, -0.25) is 0 Å². The number of hydrogen-bond acceptors (Lipinski definition) is 1. The fourth-order valence-corrected chi connectivity index (χ4v) is 1.78. The number of halogens is 5. The first-order valence-electron chi connectivity index (χ1n) is 4.26. The number of benzene rings is 1. The molecule has 0 aromatic heterocycles. The summed E-state index contributed by atoms with van der Waals surface area (Å²) in [6.45, 7) is -2.26. The van der Waals surface area contributed by atoms with Crippen LogP contribution in [0.3, 0.4) is 0 Å². The Balaban J connectivity index is 0.00000256. The van der Waals surface area contributed by atoms with Gasteiger partial charge in [-0.25, -0.2) is 8.78 Å². The van der Waals surface area contributed by atoms with Gasteiger partial charge in [-0.15, -0.1) is 23.8 Å². The third-order valence-electron chi connectivity index (χ3n) is 1.77. The van der Waals surface area contributed by atoms with Crippen molar-refractivity contribution in [2.24, 2.45) is 0 Å². The van der Waals surface area contributed by atoms with Crippen LogP contribution in [0.1, 0.15) is 0 Å². The average molecular weight is 292 g/mol. The van der Waals surface area contributed by atoms with Crippen LogP contribution in [0, 0.1) is 11.6 Å². The van der Waals surface area contributed by atoms with Crippen LogP contribution in [-0.2, 0) is 0 Å². The predicted octanol–water partition coefficient (Wildman–Crippen LogP) is 1.00. The van der Waals surface area contributed by atoms with Crippen LogP contribution >= 0.6 is 11.8 Å². The molecular formula is C9H7BF5KS. The second kappa shape index (κ2) is 7.30. The van der Waals surface area contributed by atoms with Crippen LogP contribution in [0.25, 0.3) is 0 Å². The largest absolute Gasteiger partial charge is 1.00 e. The molecule has 0 aliphatic heterocycles. The molecule has 0 saturated carbocycles. The Kier molecular flexibility index (Phi) is 7.58. The van der Waals surface area contributed by atoms with E-state index in [1.807, 2.05) is 0 Å². The molecule has 0 nitrogen and oxygen atoms in total. The summed E-state index contributed by atoms with van der Waals surface area (Å²) < 4.78 is 62.0. The molecule has 1 aromatic rings. The minimum atomic E-state index is -5.12. The van der Waals surface area contributed by atoms with Gasteiger partial charge in [0.2, 0.25) is 0 Å². The third-order valence-corrected chi connectivity index (χ3v) is 2.91. The van der Waals surface area contributed by atoms with Gasteiger partial charge in [0.25, 0.3) is 0 Å². The maximum atomic E-state index is 13.0. The maximum Gasteiger partial charge on any atom is 1.00 e. The van der Waals surface area contributed by atoms with Crippen molar-refractivity contribution in [2.75, 3.05) is 5.75 Å². The molecule has 0 saturated heterocycles. The Morgan fingerprint density at radius 1 is 1.24 bits per heavy atom. The van der Waals surface area contributed by atoms with Gasteiger partial charge in [0, 0.05) is 4.90 Å².